The average molecular weight is 308 g/mol. The van der Waals surface area contributed by atoms with E-state index in [4.69, 9.17) is 11.6 Å². The van der Waals surface area contributed by atoms with Crippen LogP contribution in [-0.4, -0.2) is 24.0 Å². The number of halogens is 1. The summed E-state index contributed by atoms with van der Waals surface area (Å²) in [6, 6.07) is 10.0. The summed E-state index contributed by atoms with van der Waals surface area (Å²) in [5.41, 5.74) is 1.20. The van der Waals surface area contributed by atoms with Crippen LogP contribution in [0.4, 0.5) is 5.69 Å². The third-order valence-corrected chi connectivity index (χ3v) is 4.87. The number of aromatic nitrogens is 1. The maximum Gasteiger partial charge on any atom is 0.267 e. The van der Waals surface area contributed by atoms with Gasteiger partial charge in [0, 0.05) is 6.20 Å². The number of rotatable bonds is 2. The molecule has 0 atom stereocenters. The van der Waals surface area contributed by atoms with Crippen LogP contribution in [0.15, 0.2) is 52.5 Å². The quantitative estimate of drug-likeness (QED) is 0.801. The van der Waals surface area contributed by atoms with Gasteiger partial charge in [0.1, 0.15) is 16.4 Å². The molecular formula is C13H10ClN3O2S. The maximum atomic E-state index is 12.5. The van der Waals surface area contributed by atoms with Gasteiger partial charge in [-0.1, -0.05) is 29.8 Å². The zero-order chi connectivity index (χ0) is 14.2. The second kappa shape index (κ2) is 4.88. The van der Waals surface area contributed by atoms with Gasteiger partial charge >= 0.3 is 0 Å². The van der Waals surface area contributed by atoms with Gasteiger partial charge in [-0.25, -0.2) is 18.4 Å². The molecule has 1 aromatic carbocycles. The molecule has 0 spiro atoms. The zero-order valence-corrected chi connectivity index (χ0v) is 11.8. The highest BCUT2D eigenvalue weighted by molar-refractivity contribution is 7.89. The van der Waals surface area contributed by atoms with E-state index in [9.17, 15) is 8.42 Å². The molecule has 0 amide bonds. The number of fused-ring (bicyclic) bond motifs is 1. The Morgan fingerprint density at radius 2 is 1.95 bits per heavy atom. The Balaban J connectivity index is 1.95. The lowest BCUT2D eigenvalue weighted by Gasteiger charge is -2.23. The van der Waals surface area contributed by atoms with Gasteiger partial charge in [-0.3, -0.25) is 4.31 Å². The Kier molecular flexibility index (Phi) is 3.19. The molecule has 3 rings (SSSR count). The van der Waals surface area contributed by atoms with Gasteiger partial charge < -0.3 is 0 Å². The molecule has 0 saturated heterocycles. The predicted molar refractivity (Wildman–Crippen MR) is 76.6 cm³/mol. The Morgan fingerprint density at radius 3 is 2.70 bits per heavy atom. The average Bonchev–Trinajstić information content (AvgIpc) is 2.44. The lowest BCUT2D eigenvalue weighted by molar-refractivity contribution is 0.521. The summed E-state index contributed by atoms with van der Waals surface area (Å²) in [4.78, 5) is 8.31. The minimum atomic E-state index is -3.57. The van der Waals surface area contributed by atoms with Crippen LogP contribution < -0.4 is 0 Å². The smallest absolute Gasteiger partial charge is 0.252 e. The van der Waals surface area contributed by atoms with Crippen LogP contribution in [0.1, 0.15) is 5.56 Å². The highest BCUT2D eigenvalue weighted by Crippen LogP contribution is 2.30. The molecule has 20 heavy (non-hydrogen) atoms. The van der Waals surface area contributed by atoms with Gasteiger partial charge in [-0.15, -0.1) is 0 Å². The van der Waals surface area contributed by atoms with Crippen LogP contribution >= 0.6 is 11.6 Å². The fourth-order valence-electron chi connectivity index (χ4n) is 1.90. The number of nitrogens with zero attached hydrogens (tertiary/aromatic N) is 3. The van der Waals surface area contributed by atoms with Crippen LogP contribution in [0.3, 0.4) is 0 Å². The Hall–Kier alpha value is -1.92. The number of para-hydroxylation sites is 1. The van der Waals surface area contributed by atoms with E-state index in [1.54, 1.807) is 42.6 Å². The molecule has 1 aromatic heterocycles. The summed E-state index contributed by atoms with van der Waals surface area (Å²) >= 11 is 5.71. The van der Waals surface area contributed by atoms with E-state index >= 15 is 0 Å². The van der Waals surface area contributed by atoms with E-state index < -0.39 is 10.0 Å². The fraction of sp³-hybridized carbons (Fsp3) is 0.0769. The van der Waals surface area contributed by atoms with Gasteiger partial charge in [0.05, 0.1) is 12.2 Å². The van der Waals surface area contributed by atoms with E-state index in [0.717, 1.165) is 5.56 Å². The summed E-state index contributed by atoms with van der Waals surface area (Å²) < 4.78 is 26.1. The molecule has 0 fully saturated rings. The standard InChI is InChI=1S/C13H10ClN3O2S/c14-13-6-5-10(7-15-13)8-17-9-16-11-3-1-2-4-12(11)20(17,18)19/h1-7,9H,8H2. The molecular weight excluding hydrogens is 298 g/mol. The second-order valence-corrected chi connectivity index (χ2v) is 6.50. The van der Waals surface area contributed by atoms with Gasteiger partial charge in [0.25, 0.3) is 10.0 Å². The molecule has 0 bridgehead atoms. The van der Waals surface area contributed by atoms with Crippen LogP contribution in [0, 0.1) is 0 Å². The molecule has 0 radical (unpaired) electrons. The minimum Gasteiger partial charge on any atom is -0.252 e. The Labute approximate surface area is 121 Å². The lowest BCUT2D eigenvalue weighted by atomic mass is 10.3. The Bertz CT molecular complexity index is 772. The first kappa shape index (κ1) is 13.1. The molecule has 1 aliphatic heterocycles. The number of pyridine rings is 1. The number of hydrogen-bond acceptors (Lipinski definition) is 4. The van der Waals surface area contributed by atoms with Crippen molar-refractivity contribution in [3.8, 4) is 0 Å². The monoisotopic (exact) mass is 307 g/mol. The van der Waals surface area contributed by atoms with Gasteiger partial charge in [-0.05, 0) is 23.8 Å². The third-order valence-electron chi connectivity index (χ3n) is 2.90. The summed E-state index contributed by atoms with van der Waals surface area (Å²) in [7, 11) is -3.57. The molecule has 0 unspecified atom stereocenters. The van der Waals surface area contributed by atoms with Crippen molar-refractivity contribution in [3.63, 3.8) is 0 Å². The van der Waals surface area contributed by atoms with E-state index in [-0.39, 0.29) is 11.4 Å². The van der Waals surface area contributed by atoms with Crippen molar-refractivity contribution in [1.82, 2.24) is 9.29 Å². The van der Waals surface area contributed by atoms with E-state index in [0.29, 0.717) is 10.8 Å². The lowest BCUT2D eigenvalue weighted by Crippen LogP contribution is -2.31. The predicted octanol–water partition coefficient (Wildman–Crippen LogP) is 2.60. The molecule has 0 N–H and O–H groups in total. The topological polar surface area (TPSA) is 62.6 Å². The molecule has 102 valence electrons. The van der Waals surface area contributed by atoms with Crippen molar-refractivity contribution in [3.05, 3.63) is 53.3 Å². The highest BCUT2D eigenvalue weighted by Gasteiger charge is 2.28. The van der Waals surface area contributed by atoms with Crippen LogP contribution in [-0.2, 0) is 16.6 Å². The van der Waals surface area contributed by atoms with Crippen molar-refractivity contribution in [2.24, 2.45) is 4.99 Å². The molecule has 2 aromatic rings. The minimum absolute atomic E-state index is 0.171. The van der Waals surface area contributed by atoms with Crippen LogP contribution in [0.2, 0.25) is 5.15 Å². The maximum absolute atomic E-state index is 12.5. The molecule has 5 nitrogen and oxygen atoms in total. The van der Waals surface area contributed by atoms with E-state index in [2.05, 4.69) is 9.98 Å². The van der Waals surface area contributed by atoms with Crippen LogP contribution in [0.25, 0.3) is 0 Å². The number of benzene rings is 1. The molecule has 7 heteroatoms. The second-order valence-electron chi connectivity index (χ2n) is 4.25. The highest BCUT2D eigenvalue weighted by atomic mass is 35.5. The first-order valence-corrected chi connectivity index (χ1v) is 7.65. The molecule has 2 heterocycles. The van der Waals surface area contributed by atoms with Crippen molar-refractivity contribution in [2.45, 2.75) is 11.4 Å². The van der Waals surface area contributed by atoms with E-state index in [1.165, 1.54) is 10.6 Å². The molecule has 0 aliphatic carbocycles. The van der Waals surface area contributed by atoms with E-state index in [1.807, 2.05) is 0 Å². The SMILES string of the molecule is O=S1(=O)c2ccccc2N=CN1Cc1ccc(Cl)nc1. The summed E-state index contributed by atoms with van der Waals surface area (Å²) in [6.07, 6.45) is 2.87. The third kappa shape index (κ3) is 2.28. The Morgan fingerprint density at radius 1 is 1.15 bits per heavy atom. The first-order valence-electron chi connectivity index (χ1n) is 5.83. The number of sulfonamides is 1. The van der Waals surface area contributed by atoms with Crippen molar-refractivity contribution in [2.75, 3.05) is 0 Å². The zero-order valence-electron chi connectivity index (χ0n) is 10.3. The summed E-state index contributed by atoms with van der Waals surface area (Å²) in [5.74, 6) is 0. The normalized spacial score (nSPS) is 15.9. The van der Waals surface area contributed by atoms with Crippen LogP contribution in [0.5, 0.6) is 0 Å². The van der Waals surface area contributed by atoms with Crippen molar-refractivity contribution < 1.29 is 8.42 Å². The molecule has 1 aliphatic rings. The van der Waals surface area contributed by atoms with Gasteiger partial charge in [0.2, 0.25) is 0 Å². The fourth-order valence-corrected chi connectivity index (χ4v) is 3.39. The summed E-state index contributed by atoms with van der Waals surface area (Å²) in [5, 5.41) is 0.370. The van der Waals surface area contributed by atoms with Crippen molar-refractivity contribution >= 4 is 33.7 Å². The first-order chi connectivity index (χ1) is 9.57. The number of hydrogen-bond donors (Lipinski definition) is 0. The summed E-state index contributed by atoms with van der Waals surface area (Å²) in [6.45, 7) is 0.171. The van der Waals surface area contributed by atoms with Gasteiger partial charge in [0.15, 0.2) is 0 Å². The van der Waals surface area contributed by atoms with Crippen molar-refractivity contribution in [1.29, 1.82) is 0 Å². The number of aliphatic imine (C=N–C) groups is 1. The molecule has 0 saturated carbocycles. The van der Waals surface area contributed by atoms with Gasteiger partial charge in [-0.2, -0.15) is 0 Å². The largest absolute Gasteiger partial charge is 0.267 e.